The summed E-state index contributed by atoms with van der Waals surface area (Å²) in [6.07, 6.45) is 3.78. The van der Waals surface area contributed by atoms with Gasteiger partial charge in [0, 0.05) is 13.1 Å². The highest BCUT2D eigenvalue weighted by atomic mass is 16.2. The summed E-state index contributed by atoms with van der Waals surface area (Å²) < 4.78 is 0. The van der Waals surface area contributed by atoms with Crippen LogP contribution in [0.15, 0.2) is 54.9 Å². The van der Waals surface area contributed by atoms with Gasteiger partial charge < -0.3 is 4.90 Å². The van der Waals surface area contributed by atoms with E-state index < -0.39 is 0 Å². The van der Waals surface area contributed by atoms with Crippen LogP contribution < -0.4 is 0 Å². The lowest BCUT2D eigenvalue weighted by atomic mass is 10.0. The van der Waals surface area contributed by atoms with Crippen molar-refractivity contribution in [3.8, 4) is 0 Å². The fourth-order valence-electron chi connectivity index (χ4n) is 2.94. The Bertz CT molecular complexity index is 801. The summed E-state index contributed by atoms with van der Waals surface area (Å²) >= 11 is 0. The van der Waals surface area contributed by atoms with Crippen molar-refractivity contribution >= 4 is 16.7 Å². The molecule has 0 radical (unpaired) electrons. The monoisotopic (exact) mass is 292 g/mol. The molecule has 2 aromatic carbocycles. The van der Waals surface area contributed by atoms with Gasteiger partial charge in [0.25, 0.3) is 0 Å². The van der Waals surface area contributed by atoms with Crippen LogP contribution in [-0.4, -0.2) is 38.9 Å². The third kappa shape index (κ3) is 2.24. The van der Waals surface area contributed by atoms with Crippen molar-refractivity contribution in [1.29, 1.82) is 0 Å². The Morgan fingerprint density at radius 1 is 1.05 bits per heavy atom. The molecule has 0 aliphatic carbocycles. The maximum atomic E-state index is 12.4. The zero-order valence-corrected chi connectivity index (χ0v) is 12.1. The number of aromatic nitrogens is 3. The molecule has 4 rings (SSSR count). The minimum Gasteiger partial charge on any atom is -0.338 e. The first-order valence-corrected chi connectivity index (χ1v) is 7.41. The molecule has 0 atom stereocenters. The van der Waals surface area contributed by atoms with Crippen molar-refractivity contribution < 1.29 is 4.79 Å². The Balaban J connectivity index is 1.46. The van der Waals surface area contributed by atoms with Crippen molar-refractivity contribution in [3.05, 3.63) is 60.4 Å². The average Bonchev–Trinajstić information content (AvgIpc) is 3.00. The van der Waals surface area contributed by atoms with Crippen LogP contribution in [0.3, 0.4) is 0 Å². The smallest absolute Gasteiger partial charge is 0.227 e. The molecule has 0 bridgehead atoms. The topological polar surface area (TPSA) is 51.0 Å². The highest BCUT2D eigenvalue weighted by Gasteiger charge is 2.32. The molecule has 1 saturated heterocycles. The van der Waals surface area contributed by atoms with E-state index in [1.807, 2.05) is 29.2 Å². The van der Waals surface area contributed by atoms with Crippen molar-refractivity contribution in [3.63, 3.8) is 0 Å². The Kier molecular flexibility index (Phi) is 3.11. The first-order chi connectivity index (χ1) is 10.8. The number of likely N-dealkylation sites (tertiary alicyclic amines) is 1. The van der Waals surface area contributed by atoms with Crippen LogP contribution in [-0.2, 0) is 11.2 Å². The van der Waals surface area contributed by atoms with Gasteiger partial charge in [0.15, 0.2) is 0 Å². The highest BCUT2D eigenvalue weighted by molar-refractivity contribution is 5.90. The highest BCUT2D eigenvalue weighted by Crippen LogP contribution is 2.23. The quantitative estimate of drug-likeness (QED) is 0.742. The van der Waals surface area contributed by atoms with Crippen LogP contribution in [0.2, 0.25) is 0 Å². The molecule has 0 unspecified atom stereocenters. The molecule has 110 valence electrons. The van der Waals surface area contributed by atoms with Crippen LogP contribution in [0.4, 0.5) is 0 Å². The third-order valence-electron chi connectivity index (χ3n) is 4.20. The van der Waals surface area contributed by atoms with Gasteiger partial charge >= 0.3 is 0 Å². The van der Waals surface area contributed by atoms with Gasteiger partial charge in [-0.1, -0.05) is 42.5 Å². The lowest BCUT2D eigenvalue weighted by Gasteiger charge is -2.38. The van der Waals surface area contributed by atoms with Crippen LogP contribution in [0.25, 0.3) is 10.8 Å². The maximum Gasteiger partial charge on any atom is 0.227 e. The molecule has 1 aromatic heterocycles. The van der Waals surface area contributed by atoms with E-state index in [-0.39, 0.29) is 11.9 Å². The van der Waals surface area contributed by atoms with Crippen LogP contribution >= 0.6 is 0 Å². The predicted molar refractivity (Wildman–Crippen MR) is 83.3 cm³/mol. The fraction of sp³-hybridized carbons (Fsp3) is 0.235. The molecule has 1 aliphatic rings. The fourth-order valence-corrected chi connectivity index (χ4v) is 2.94. The molecule has 22 heavy (non-hydrogen) atoms. The Hall–Kier alpha value is -2.69. The largest absolute Gasteiger partial charge is 0.338 e. The lowest BCUT2D eigenvalue weighted by Crippen LogP contribution is -2.51. The summed E-state index contributed by atoms with van der Waals surface area (Å²) in [5.41, 5.74) is 1.09. The number of carbonyl (C=O) groups excluding carboxylic acids is 1. The lowest BCUT2D eigenvalue weighted by molar-refractivity contribution is -0.136. The van der Waals surface area contributed by atoms with E-state index in [1.54, 1.807) is 17.2 Å². The van der Waals surface area contributed by atoms with Gasteiger partial charge in [0.2, 0.25) is 5.91 Å². The second kappa shape index (κ2) is 5.26. The molecule has 0 spiro atoms. The van der Waals surface area contributed by atoms with Crippen molar-refractivity contribution in [1.82, 2.24) is 19.9 Å². The normalized spacial score (nSPS) is 15.0. The average molecular weight is 292 g/mol. The summed E-state index contributed by atoms with van der Waals surface area (Å²) in [5, 5.41) is 10.6. The second-order valence-electron chi connectivity index (χ2n) is 5.62. The van der Waals surface area contributed by atoms with Gasteiger partial charge in [-0.2, -0.15) is 15.0 Å². The maximum absolute atomic E-state index is 12.4. The van der Waals surface area contributed by atoms with E-state index in [1.165, 1.54) is 5.39 Å². The third-order valence-corrected chi connectivity index (χ3v) is 4.20. The van der Waals surface area contributed by atoms with E-state index >= 15 is 0 Å². The number of nitrogens with zero attached hydrogens (tertiary/aromatic N) is 4. The Morgan fingerprint density at radius 2 is 1.77 bits per heavy atom. The number of carbonyl (C=O) groups is 1. The molecule has 5 heteroatoms. The molecular formula is C17H16N4O. The first kappa shape index (κ1) is 13.0. The molecule has 1 fully saturated rings. The molecule has 5 nitrogen and oxygen atoms in total. The van der Waals surface area contributed by atoms with Gasteiger partial charge in [-0.15, -0.1) is 0 Å². The van der Waals surface area contributed by atoms with Gasteiger partial charge in [-0.25, -0.2) is 0 Å². The Labute approximate surface area is 128 Å². The standard InChI is InChI=1S/C17H16N4O/c22-17(20-11-15(12-20)21-18-8-9-19-21)10-14-6-3-5-13-4-1-2-7-16(13)14/h1-9,15H,10-12H2. The molecule has 0 N–H and O–H groups in total. The summed E-state index contributed by atoms with van der Waals surface area (Å²) in [6, 6.07) is 14.5. The number of fused-ring (bicyclic) bond motifs is 1. The molecule has 2 heterocycles. The number of hydrogen-bond donors (Lipinski definition) is 0. The van der Waals surface area contributed by atoms with Gasteiger partial charge in [-0.05, 0) is 16.3 Å². The predicted octanol–water partition coefficient (Wildman–Crippen LogP) is 2.06. The number of benzene rings is 2. The minimum atomic E-state index is 0.166. The number of amides is 1. The van der Waals surface area contributed by atoms with Crippen molar-refractivity contribution in [2.75, 3.05) is 13.1 Å². The van der Waals surface area contributed by atoms with Gasteiger partial charge in [0.1, 0.15) is 6.04 Å². The molecule has 1 aliphatic heterocycles. The van der Waals surface area contributed by atoms with Crippen LogP contribution in [0.1, 0.15) is 11.6 Å². The Morgan fingerprint density at radius 3 is 2.59 bits per heavy atom. The van der Waals surface area contributed by atoms with E-state index in [0.717, 1.165) is 10.9 Å². The second-order valence-corrected chi connectivity index (χ2v) is 5.62. The SMILES string of the molecule is O=C(Cc1cccc2ccccc12)N1CC(n2nccn2)C1. The van der Waals surface area contributed by atoms with Gasteiger partial charge in [0.05, 0.1) is 18.8 Å². The molecule has 1 amide bonds. The summed E-state index contributed by atoms with van der Waals surface area (Å²) in [6.45, 7) is 1.39. The van der Waals surface area contributed by atoms with E-state index in [4.69, 9.17) is 0 Å². The summed E-state index contributed by atoms with van der Waals surface area (Å²) in [5.74, 6) is 0.166. The first-order valence-electron chi connectivity index (χ1n) is 7.41. The van der Waals surface area contributed by atoms with E-state index in [0.29, 0.717) is 19.5 Å². The number of hydrogen-bond acceptors (Lipinski definition) is 3. The van der Waals surface area contributed by atoms with Crippen molar-refractivity contribution in [2.24, 2.45) is 0 Å². The summed E-state index contributed by atoms with van der Waals surface area (Å²) in [7, 11) is 0. The summed E-state index contributed by atoms with van der Waals surface area (Å²) in [4.78, 5) is 16.0. The zero-order chi connectivity index (χ0) is 14.9. The van der Waals surface area contributed by atoms with E-state index in [2.05, 4.69) is 28.4 Å². The van der Waals surface area contributed by atoms with Gasteiger partial charge in [-0.3, -0.25) is 4.79 Å². The molecule has 3 aromatic rings. The molecule has 0 saturated carbocycles. The van der Waals surface area contributed by atoms with Crippen LogP contribution in [0, 0.1) is 0 Å². The van der Waals surface area contributed by atoms with Crippen molar-refractivity contribution in [2.45, 2.75) is 12.5 Å². The minimum absolute atomic E-state index is 0.166. The zero-order valence-electron chi connectivity index (χ0n) is 12.1. The van der Waals surface area contributed by atoms with Crippen LogP contribution in [0.5, 0.6) is 0 Å². The number of rotatable bonds is 3. The molecular weight excluding hydrogens is 276 g/mol. The van der Waals surface area contributed by atoms with E-state index in [9.17, 15) is 4.79 Å².